The van der Waals surface area contributed by atoms with Crippen LogP contribution in [-0.2, 0) is 4.74 Å². The highest BCUT2D eigenvalue weighted by atomic mass is 16.5. The van der Waals surface area contributed by atoms with Gasteiger partial charge in [-0.1, -0.05) is 17.7 Å². The molecule has 1 heterocycles. The predicted octanol–water partition coefficient (Wildman–Crippen LogP) is 2.16. The molecule has 0 bridgehead atoms. The third-order valence-corrected chi connectivity index (χ3v) is 2.21. The molecule has 1 atom stereocenters. The Morgan fingerprint density at radius 1 is 1.31 bits per heavy atom. The Bertz CT molecular complexity index is 260. The topological polar surface area (TPSA) is 18.5 Å². The van der Waals surface area contributed by atoms with E-state index in [0.717, 1.165) is 25.4 Å². The Morgan fingerprint density at radius 3 is 2.69 bits per heavy atom. The number of rotatable bonds is 2. The summed E-state index contributed by atoms with van der Waals surface area (Å²) in [5, 5.41) is 0. The van der Waals surface area contributed by atoms with Crippen LogP contribution >= 0.6 is 0 Å². The Balaban J connectivity index is 1.97. The van der Waals surface area contributed by atoms with Crippen molar-refractivity contribution in [3.8, 4) is 5.75 Å². The van der Waals surface area contributed by atoms with Crippen molar-refractivity contribution in [2.75, 3.05) is 13.2 Å². The number of ether oxygens (including phenoxy) is 2. The van der Waals surface area contributed by atoms with E-state index < -0.39 is 0 Å². The molecule has 13 heavy (non-hydrogen) atoms. The van der Waals surface area contributed by atoms with E-state index in [1.165, 1.54) is 5.56 Å². The Hall–Kier alpha value is -1.02. The van der Waals surface area contributed by atoms with Gasteiger partial charge in [0.05, 0.1) is 13.2 Å². The molecule has 0 amide bonds. The minimum atomic E-state index is 0.253. The van der Waals surface area contributed by atoms with Crippen molar-refractivity contribution in [1.29, 1.82) is 0 Å². The second-order valence-electron chi connectivity index (χ2n) is 3.42. The highest BCUT2D eigenvalue weighted by molar-refractivity contribution is 5.26. The third kappa shape index (κ3) is 2.22. The molecule has 2 rings (SSSR count). The van der Waals surface area contributed by atoms with Gasteiger partial charge in [0, 0.05) is 6.42 Å². The molecule has 2 nitrogen and oxygen atoms in total. The average molecular weight is 178 g/mol. The van der Waals surface area contributed by atoms with Gasteiger partial charge in [-0.25, -0.2) is 0 Å². The Labute approximate surface area is 78.5 Å². The van der Waals surface area contributed by atoms with Gasteiger partial charge in [-0.2, -0.15) is 0 Å². The fourth-order valence-electron chi connectivity index (χ4n) is 1.42. The van der Waals surface area contributed by atoms with Gasteiger partial charge < -0.3 is 9.47 Å². The molecule has 1 saturated heterocycles. The minimum Gasteiger partial charge on any atom is -0.488 e. The van der Waals surface area contributed by atoms with Gasteiger partial charge in [0.15, 0.2) is 0 Å². The normalized spacial score (nSPS) is 21.8. The van der Waals surface area contributed by atoms with Gasteiger partial charge in [0.2, 0.25) is 0 Å². The van der Waals surface area contributed by atoms with E-state index in [-0.39, 0.29) is 6.10 Å². The molecule has 1 aliphatic rings. The quantitative estimate of drug-likeness (QED) is 0.691. The molecule has 1 aromatic rings. The molecule has 1 aliphatic heterocycles. The summed E-state index contributed by atoms with van der Waals surface area (Å²) in [6.45, 7) is 3.63. The Morgan fingerprint density at radius 2 is 2.08 bits per heavy atom. The average Bonchev–Trinajstić information content (AvgIpc) is 2.62. The maximum atomic E-state index is 5.71. The standard InChI is InChI=1S/C11H14O2/c1-9-2-4-10(5-3-9)13-11-6-7-12-8-11/h2-5,11H,6-8H2,1H3. The van der Waals surface area contributed by atoms with E-state index >= 15 is 0 Å². The van der Waals surface area contributed by atoms with E-state index in [0.29, 0.717) is 0 Å². The van der Waals surface area contributed by atoms with E-state index in [4.69, 9.17) is 9.47 Å². The largest absolute Gasteiger partial charge is 0.488 e. The second-order valence-corrected chi connectivity index (χ2v) is 3.42. The lowest BCUT2D eigenvalue weighted by Gasteiger charge is -2.11. The van der Waals surface area contributed by atoms with Gasteiger partial charge in [-0.05, 0) is 19.1 Å². The molecule has 0 radical (unpaired) electrons. The van der Waals surface area contributed by atoms with Crippen molar-refractivity contribution in [3.05, 3.63) is 29.8 Å². The first kappa shape index (κ1) is 8.57. The van der Waals surface area contributed by atoms with Crippen LogP contribution in [0.4, 0.5) is 0 Å². The van der Waals surface area contributed by atoms with Crippen LogP contribution in [0, 0.1) is 6.92 Å². The smallest absolute Gasteiger partial charge is 0.124 e. The molecular weight excluding hydrogens is 164 g/mol. The monoisotopic (exact) mass is 178 g/mol. The number of hydrogen-bond donors (Lipinski definition) is 0. The Kier molecular flexibility index (Phi) is 2.50. The van der Waals surface area contributed by atoms with Crippen molar-refractivity contribution in [2.45, 2.75) is 19.4 Å². The molecular formula is C11H14O2. The van der Waals surface area contributed by atoms with Gasteiger partial charge in [-0.3, -0.25) is 0 Å². The maximum absolute atomic E-state index is 5.71. The molecule has 70 valence electrons. The van der Waals surface area contributed by atoms with Crippen LogP contribution in [0.15, 0.2) is 24.3 Å². The summed E-state index contributed by atoms with van der Waals surface area (Å²) < 4.78 is 10.9. The lowest BCUT2D eigenvalue weighted by atomic mass is 10.2. The van der Waals surface area contributed by atoms with E-state index in [2.05, 4.69) is 19.1 Å². The van der Waals surface area contributed by atoms with Crippen molar-refractivity contribution >= 4 is 0 Å². The van der Waals surface area contributed by atoms with Crippen LogP contribution in [-0.4, -0.2) is 19.3 Å². The van der Waals surface area contributed by atoms with E-state index in [1.807, 2.05) is 12.1 Å². The fraction of sp³-hybridized carbons (Fsp3) is 0.455. The molecule has 1 unspecified atom stereocenters. The van der Waals surface area contributed by atoms with Gasteiger partial charge in [0.1, 0.15) is 11.9 Å². The molecule has 0 N–H and O–H groups in total. The van der Waals surface area contributed by atoms with Gasteiger partial charge in [0.25, 0.3) is 0 Å². The van der Waals surface area contributed by atoms with Crippen molar-refractivity contribution in [2.24, 2.45) is 0 Å². The van der Waals surface area contributed by atoms with Crippen LogP contribution < -0.4 is 4.74 Å². The van der Waals surface area contributed by atoms with Gasteiger partial charge in [-0.15, -0.1) is 0 Å². The molecule has 1 aromatic carbocycles. The summed E-state index contributed by atoms with van der Waals surface area (Å²) in [5.74, 6) is 0.945. The highest BCUT2D eigenvalue weighted by Crippen LogP contribution is 2.16. The first-order chi connectivity index (χ1) is 6.34. The fourth-order valence-corrected chi connectivity index (χ4v) is 1.42. The van der Waals surface area contributed by atoms with Crippen LogP contribution in [0.25, 0.3) is 0 Å². The van der Waals surface area contributed by atoms with Crippen LogP contribution in [0.5, 0.6) is 5.75 Å². The summed E-state index contributed by atoms with van der Waals surface area (Å²) in [4.78, 5) is 0. The molecule has 0 aromatic heterocycles. The molecule has 2 heteroatoms. The summed E-state index contributed by atoms with van der Waals surface area (Å²) in [5.41, 5.74) is 1.26. The first-order valence-corrected chi connectivity index (χ1v) is 4.66. The van der Waals surface area contributed by atoms with Crippen LogP contribution in [0.2, 0.25) is 0 Å². The van der Waals surface area contributed by atoms with Crippen molar-refractivity contribution in [3.63, 3.8) is 0 Å². The lowest BCUT2D eigenvalue weighted by Crippen LogP contribution is -2.15. The SMILES string of the molecule is Cc1ccc(OC2CCOC2)cc1. The number of hydrogen-bond acceptors (Lipinski definition) is 2. The first-order valence-electron chi connectivity index (χ1n) is 4.66. The molecule has 0 saturated carbocycles. The van der Waals surface area contributed by atoms with Crippen molar-refractivity contribution in [1.82, 2.24) is 0 Å². The predicted molar refractivity (Wildman–Crippen MR) is 51.0 cm³/mol. The highest BCUT2D eigenvalue weighted by Gasteiger charge is 2.16. The molecule has 0 aliphatic carbocycles. The summed E-state index contributed by atoms with van der Waals surface area (Å²) >= 11 is 0. The summed E-state index contributed by atoms with van der Waals surface area (Å²) in [6, 6.07) is 8.14. The summed E-state index contributed by atoms with van der Waals surface area (Å²) in [7, 11) is 0. The second kappa shape index (κ2) is 3.79. The van der Waals surface area contributed by atoms with Gasteiger partial charge >= 0.3 is 0 Å². The molecule has 0 spiro atoms. The summed E-state index contributed by atoms with van der Waals surface area (Å²) in [6.07, 6.45) is 1.26. The number of aryl methyl sites for hydroxylation is 1. The molecule has 1 fully saturated rings. The van der Waals surface area contributed by atoms with Crippen molar-refractivity contribution < 1.29 is 9.47 Å². The zero-order valence-electron chi connectivity index (χ0n) is 7.82. The number of benzene rings is 1. The third-order valence-electron chi connectivity index (χ3n) is 2.21. The maximum Gasteiger partial charge on any atom is 0.124 e. The van der Waals surface area contributed by atoms with E-state index in [9.17, 15) is 0 Å². The van der Waals surface area contributed by atoms with Crippen LogP contribution in [0.3, 0.4) is 0 Å². The van der Waals surface area contributed by atoms with E-state index in [1.54, 1.807) is 0 Å². The lowest BCUT2D eigenvalue weighted by molar-refractivity contribution is 0.141. The minimum absolute atomic E-state index is 0.253. The van der Waals surface area contributed by atoms with Crippen LogP contribution in [0.1, 0.15) is 12.0 Å². The zero-order chi connectivity index (χ0) is 9.10. The zero-order valence-corrected chi connectivity index (χ0v) is 7.82.